The van der Waals surface area contributed by atoms with Crippen molar-refractivity contribution >= 4 is 17.1 Å². The highest BCUT2D eigenvalue weighted by atomic mass is 15.1. The molecule has 0 fully saturated rings. The lowest BCUT2D eigenvalue weighted by Crippen LogP contribution is -2.03. The van der Waals surface area contributed by atoms with Crippen molar-refractivity contribution < 1.29 is 0 Å². The smallest absolute Gasteiger partial charge is 0.222 e. The Hall–Kier alpha value is -3.21. The van der Waals surface area contributed by atoms with Crippen molar-refractivity contribution in [1.29, 1.82) is 0 Å². The molecule has 4 aromatic rings. The van der Waals surface area contributed by atoms with E-state index in [-0.39, 0.29) is 5.95 Å². The summed E-state index contributed by atoms with van der Waals surface area (Å²) in [5.74, 6) is 0.256. The lowest BCUT2D eigenvalue weighted by Gasteiger charge is -2.06. The minimum Gasteiger partial charge on any atom is -0.368 e. The number of nitrogens with zero attached hydrogens (tertiary/aromatic N) is 4. The first-order valence-electron chi connectivity index (χ1n) is 7.39. The summed E-state index contributed by atoms with van der Waals surface area (Å²) >= 11 is 0. The minimum absolute atomic E-state index is 0.256. The average molecular weight is 301 g/mol. The number of imidazole rings is 1. The molecule has 0 radical (unpaired) electrons. The molecule has 0 saturated heterocycles. The van der Waals surface area contributed by atoms with Crippen molar-refractivity contribution in [2.45, 2.75) is 6.54 Å². The number of aromatic nitrogens is 4. The number of hydrogen-bond donors (Lipinski definition) is 1. The highest BCUT2D eigenvalue weighted by Gasteiger charge is 2.13. The number of benzene rings is 2. The van der Waals surface area contributed by atoms with Crippen molar-refractivity contribution in [3.63, 3.8) is 0 Å². The lowest BCUT2D eigenvalue weighted by molar-refractivity contribution is 0.814. The van der Waals surface area contributed by atoms with Gasteiger partial charge in [-0.2, -0.15) is 4.98 Å². The molecule has 0 aliphatic heterocycles. The second kappa shape index (κ2) is 5.53. The number of nitrogens with two attached hydrogens (primary N) is 1. The van der Waals surface area contributed by atoms with Crippen molar-refractivity contribution in [3.05, 3.63) is 72.6 Å². The SMILES string of the molecule is Nc1nc(-c2ccccc2)c2ncn(Cc3ccccc3)c2n1. The molecule has 112 valence electrons. The Morgan fingerprint density at radius 1 is 0.870 bits per heavy atom. The van der Waals surface area contributed by atoms with E-state index in [0.717, 1.165) is 22.4 Å². The Morgan fingerprint density at radius 3 is 2.30 bits per heavy atom. The molecule has 0 spiro atoms. The molecule has 23 heavy (non-hydrogen) atoms. The van der Waals surface area contributed by atoms with Gasteiger partial charge in [0, 0.05) is 5.56 Å². The van der Waals surface area contributed by atoms with Crippen LogP contribution in [0.25, 0.3) is 22.4 Å². The van der Waals surface area contributed by atoms with Gasteiger partial charge in [-0.3, -0.25) is 0 Å². The molecule has 2 N–H and O–H groups in total. The second-order valence-electron chi connectivity index (χ2n) is 5.33. The first-order chi connectivity index (χ1) is 11.3. The molecule has 0 atom stereocenters. The van der Waals surface area contributed by atoms with E-state index >= 15 is 0 Å². The first kappa shape index (κ1) is 13.5. The molecule has 2 heterocycles. The van der Waals surface area contributed by atoms with Gasteiger partial charge in [-0.05, 0) is 5.56 Å². The van der Waals surface area contributed by atoms with Crippen LogP contribution in [-0.4, -0.2) is 19.5 Å². The summed E-state index contributed by atoms with van der Waals surface area (Å²) < 4.78 is 2.00. The highest BCUT2D eigenvalue weighted by Crippen LogP contribution is 2.25. The maximum absolute atomic E-state index is 5.92. The summed E-state index contributed by atoms with van der Waals surface area (Å²) in [6.45, 7) is 0.696. The van der Waals surface area contributed by atoms with Crippen molar-refractivity contribution in [1.82, 2.24) is 19.5 Å². The van der Waals surface area contributed by atoms with E-state index in [1.54, 1.807) is 6.33 Å². The molecule has 5 nitrogen and oxygen atoms in total. The van der Waals surface area contributed by atoms with Gasteiger partial charge < -0.3 is 10.3 Å². The highest BCUT2D eigenvalue weighted by molar-refractivity contribution is 5.88. The topological polar surface area (TPSA) is 69.6 Å². The number of rotatable bonds is 3. The van der Waals surface area contributed by atoms with E-state index < -0.39 is 0 Å². The molecule has 4 rings (SSSR count). The van der Waals surface area contributed by atoms with Crippen LogP contribution < -0.4 is 5.73 Å². The predicted octanol–water partition coefficient (Wildman–Crippen LogP) is 3.12. The van der Waals surface area contributed by atoms with Gasteiger partial charge in [0.15, 0.2) is 5.65 Å². The Labute approximate surface area is 133 Å². The molecule has 0 aliphatic rings. The van der Waals surface area contributed by atoms with E-state index in [0.29, 0.717) is 6.54 Å². The fraction of sp³-hybridized carbons (Fsp3) is 0.0556. The van der Waals surface area contributed by atoms with Crippen LogP contribution >= 0.6 is 0 Å². The van der Waals surface area contributed by atoms with Crippen LogP contribution in [0.4, 0.5) is 5.95 Å². The van der Waals surface area contributed by atoms with E-state index in [1.807, 2.05) is 53.1 Å². The molecule has 0 amide bonds. The minimum atomic E-state index is 0.256. The quantitative estimate of drug-likeness (QED) is 0.631. The van der Waals surface area contributed by atoms with Gasteiger partial charge in [0.25, 0.3) is 0 Å². The zero-order valence-corrected chi connectivity index (χ0v) is 12.4. The number of fused-ring (bicyclic) bond motifs is 1. The van der Waals surface area contributed by atoms with Crippen LogP contribution in [0.2, 0.25) is 0 Å². The van der Waals surface area contributed by atoms with Crippen molar-refractivity contribution in [2.24, 2.45) is 0 Å². The molecule has 0 unspecified atom stereocenters. The van der Waals surface area contributed by atoms with Crippen LogP contribution in [0.5, 0.6) is 0 Å². The monoisotopic (exact) mass is 301 g/mol. The van der Waals surface area contributed by atoms with E-state index in [2.05, 4.69) is 27.1 Å². The molecular formula is C18H15N5. The van der Waals surface area contributed by atoms with Gasteiger partial charge in [0.2, 0.25) is 5.95 Å². The summed E-state index contributed by atoms with van der Waals surface area (Å²) in [6.07, 6.45) is 1.79. The molecular weight excluding hydrogens is 286 g/mol. The summed E-state index contributed by atoms with van der Waals surface area (Å²) in [4.78, 5) is 13.3. The molecule has 0 bridgehead atoms. The van der Waals surface area contributed by atoms with Gasteiger partial charge in [-0.15, -0.1) is 0 Å². The van der Waals surface area contributed by atoms with Gasteiger partial charge >= 0.3 is 0 Å². The largest absolute Gasteiger partial charge is 0.368 e. The zero-order valence-electron chi connectivity index (χ0n) is 12.4. The fourth-order valence-corrected chi connectivity index (χ4v) is 2.65. The summed E-state index contributed by atoms with van der Waals surface area (Å²) in [7, 11) is 0. The standard InChI is InChI=1S/C18H15N5/c19-18-21-15(14-9-5-2-6-10-14)16-17(22-18)23(12-20-16)11-13-7-3-1-4-8-13/h1-10,12H,11H2,(H2,19,21,22). The van der Waals surface area contributed by atoms with E-state index in [1.165, 1.54) is 5.56 Å². The van der Waals surface area contributed by atoms with Gasteiger partial charge in [-0.25, -0.2) is 9.97 Å². The Bertz CT molecular complexity index is 945. The van der Waals surface area contributed by atoms with Crippen LogP contribution in [0.15, 0.2) is 67.0 Å². The lowest BCUT2D eigenvalue weighted by atomic mass is 10.1. The van der Waals surface area contributed by atoms with Crippen LogP contribution in [0.1, 0.15) is 5.56 Å². The summed E-state index contributed by atoms with van der Waals surface area (Å²) in [5, 5.41) is 0. The molecule has 2 aromatic heterocycles. The van der Waals surface area contributed by atoms with Crippen molar-refractivity contribution in [2.75, 3.05) is 5.73 Å². The second-order valence-corrected chi connectivity index (χ2v) is 5.33. The number of hydrogen-bond acceptors (Lipinski definition) is 4. The third-order valence-electron chi connectivity index (χ3n) is 3.72. The Morgan fingerprint density at radius 2 is 1.57 bits per heavy atom. The zero-order chi connectivity index (χ0) is 15.6. The van der Waals surface area contributed by atoms with Crippen LogP contribution in [0.3, 0.4) is 0 Å². The average Bonchev–Trinajstić information content (AvgIpc) is 2.99. The normalized spacial score (nSPS) is 11.0. The van der Waals surface area contributed by atoms with E-state index in [9.17, 15) is 0 Å². The summed E-state index contributed by atoms with van der Waals surface area (Å²) in [5.41, 5.74) is 10.4. The van der Waals surface area contributed by atoms with Crippen molar-refractivity contribution in [3.8, 4) is 11.3 Å². The van der Waals surface area contributed by atoms with Gasteiger partial charge in [-0.1, -0.05) is 60.7 Å². The predicted molar refractivity (Wildman–Crippen MR) is 90.7 cm³/mol. The fourth-order valence-electron chi connectivity index (χ4n) is 2.65. The van der Waals surface area contributed by atoms with Crippen LogP contribution in [0, 0.1) is 0 Å². The van der Waals surface area contributed by atoms with Gasteiger partial charge in [0.1, 0.15) is 11.2 Å². The summed E-state index contributed by atoms with van der Waals surface area (Å²) in [6, 6.07) is 20.1. The maximum Gasteiger partial charge on any atom is 0.222 e. The van der Waals surface area contributed by atoms with Gasteiger partial charge in [0.05, 0.1) is 12.9 Å². The third-order valence-corrected chi connectivity index (χ3v) is 3.72. The third kappa shape index (κ3) is 2.53. The molecule has 5 heteroatoms. The number of anilines is 1. The molecule has 0 aliphatic carbocycles. The number of nitrogen functional groups attached to an aromatic ring is 1. The Kier molecular flexibility index (Phi) is 3.24. The van der Waals surface area contributed by atoms with Crippen LogP contribution in [-0.2, 0) is 6.54 Å². The first-order valence-corrected chi connectivity index (χ1v) is 7.39. The maximum atomic E-state index is 5.92. The van der Waals surface area contributed by atoms with E-state index in [4.69, 9.17) is 5.73 Å². The molecule has 0 saturated carbocycles. The Balaban J connectivity index is 1.85. The molecule has 2 aromatic carbocycles.